The molecule has 0 aromatic heterocycles. The van der Waals surface area contributed by atoms with Crippen molar-refractivity contribution in [2.45, 2.75) is 25.3 Å². The molecular formula is C14H21NO2. The third-order valence-corrected chi connectivity index (χ3v) is 3.57. The summed E-state index contributed by atoms with van der Waals surface area (Å²) in [5, 5.41) is 0. The molecule has 0 amide bonds. The van der Waals surface area contributed by atoms with Crippen molar-refractivity contribution in [3.8, 4) is 11.5 Å². The van der Waals surface area contributed by atoms with Gasteiger partial charge in [0, 0.05) is 6.04 Å². The van der Waals surface area contributed by atoms with Gasteiger partial charge in [-0.15, -0.1) is 0 Å². The molecule has 1 aliphatic heterocycles. The Labute approximate surface area is 103 Å². The maximum absolute atomic E-state index is 5.48. The van der Waals surface area contributed by atoms with Gasteiger partial charge in [-0.3, -0.25) is 4.90 Å². The molecule has 94 valence electrons. The second-order valence-electron chi connectivity index (χ2n) is 4.57. The molecule has 3 heteroatoms. The Balaban J connectivity index is 2.40. The lowest BCUT2D eigenvalue weighted by molar-refractivity contribution is 0.179. The monoisotopic (exact) mass is 235 g/mol. The molecule has 0 spiro atoms. The fourth-order valence-corrected chi connectivity index (χ4v) is 2.65. The fourth-order valence-electron chi connectivity index (χ4n) is 2.65. The highest BCUT2D eigenvalue weighted by Crippen LogP contribution is 2.40. The number of ether oxygens (including phenoxy) is 2. The van der Waals surface area contributed by atoms with Gasteiger partial charge in [0.1, 0.15) is 11.5 Å². The smallest absolute Gasteiger partial charge is 0.127 e. The van der Waals surface area contributed by atoms with Crippen LogP contribution in [0.25, 0.3) is 0 Å². The molecule has 0 N–H and O–H groups in total. The summed E-state index contributed by atoms with van der Waals surface area (Å²) in [5.41, 5.74) is 1.19. The van der Waals surface area contributed by atoms with Gasteiger partial charge in [-0.05, 0) is 38.6 Å². The van der Waals surface area contributed by atoms with Crippen molar-refractivity contribution in [1.82, 2.24) is 4.90 Å². The summed E-state index contributed by atoms with van der Waals surface area (Å²) >= 11 is 0. The van der Waals surface area contributed by atoms with Crippen LogP contribution < -0.4 is 9.47 Å². The van der Waals surface area contributed by atoms with E-state index in [4.69, 9.17) is 9.47 Å². The van der Waals surface area contributed by atoms with E-state index in [1.54, 1.807) is 14.2 Å². The van der Waals surface area contributed by atoms with E-state index in [2.05, 4.69) is 11.9 Å². The number of methoxy groups -OCH3 is 2. The lowest BCUT2D eigenvalue weighted by atomic mass is 9.94. The number of benzene rings is 1. The van der Waals surface area contributed by atoms with Crippen LogP contribution in [-0.4, -0.2) is 32.7 Å². The van der Waals surface area contributed by atoms with Crippen LogP contribution in [0.4, 0.5) is 0 Å². The van der Waals surface area contributed by atoms with Crippen molar-refractivity contribution in [1.29, 1.82) is 0 Å². The number of hydrogen-bond acceptors (Lipinski definition) is 3. The van der Waals surface area contributed by atoms with Crippen LogP contribution in [0.2, 0.25) is 0 Å². The third kappa shape index (κ3) is 2.39. The van der Waals surface area contributed by atoms with Gasteiger partial charge in [-0.2, -0.15) is 0 Å². The molecule has 3 nitrogen and oxygen atoms in total. The first-order valence-corrected chi connectivity index (χ1v) is 6.19. The van der Waals surface area contributed by atoms with Crippen LogP contribution in [-0.2, 0) is 0 Å². The molecule has 1 unspecified atom stereocenters. The molecule has 2 rings (SSSR count). The van der Waals surface area contributed by atoms with Gasteiger partial charge >= 0.3 is 0 Å². The summed E-state index contributed by atoms with van der Waals surface area (Å²) < 4.78 is 11.0. The number of piperidine rings is 1. The van der Waals surface area contributed by atoms with Crippen molar-refractivity contribution >= 4 is 0 Å². The zero-order valence-electron chi connectivity index (χ0n) is 10.9. The minimum Gasteiger partial charge on any atom is -0.496 e. The van der Waals surface area contributed by atoms with Crippen LogP contribution in [0.5, 0.6) is 11.5 Å². The van der Waals surface area contributed by atoms with Gasteiger partial charge in [-0.25, -0.2) is 0 Å². The third-order valence-electron chi connectivity index (χ3n) is 3.57. The van der Waals surface area contributed by atoms with Crippen molar-refractivity contribution < 1.29 is 9.47 Å². The molecule has 1 aromatic rings. The van der Waals surface area contributed by atoms with Crippen LogP contribution in [0.1, 0.15) is 30.9 Å². The Morgan fingerprint density at radius 3 is 2.29 bits per heavy atom. The highest BCUT2D eigenvalue weighted by atomic mass is 16.5. The van der Waals surface area contributed by atoms with E-state index < -0.39 is 0 Å². The molecule has 1 atom stereocenters. The van der Waals surface area contributed by atoms with Gasteiger partial charge < -0.3 is 9.47 Å². The average molecular weight is 235 g/mol. The van der Waals surface area contributed by atoms with Crippen molar-refractivity contribution in [2.24, 2.45) is 0 Å². The molecular weight excluding hydrogens is 214 g/mol. The van der Waals surface area contributed by atoms with E-state index in [0.717, 1.165) is 18.0 Å². The summed E-state index contributed by atoms with van der Waals surface area (Å²) in [6, 6.07) is 6.42. The zero-order valence-corrected chi connectivity index (χ0v) is 10.9. The minimum absolute atomic E-state index is 0.412. The van der Waals surface area contributed by atoms with Crippen LogP contribution >= 0.6 is 0 Å². The van der Waals surface area contributed by atoms with Gasteiger partial charge in [0.15, 0.2) is 0 Å². The van der Waals surface area contributed by atoms with E-state index in [-0.39, 0.29) is 0 Å². The van der Waals surface area contributed by atoms with E-state index in [1.165, 1.54) is 24.8 Å². The lowest BCUT2D eigenvalue weighted by Crippen LogP contribution is -2.30. The highest BCUT2D eigenvalue weighted by Gasteiger charge is 2.26. The topological polar surface area (TPSA) is 21.7 Å². The molecule has 17 heavy (non-hydrogen) atoms. The Kier molecular flexibility index (Phi) is 3.89. The van der Waals surface area contributed by atoms with E-state index >= 15 is 0 Å². The van der Waals surface area contributed by atoms with Crippen LogP contribution in [0.15, 0.2) is 18.2 Å². The maximum Gasteiger partial charge on any atom is 0.127 e. The predicted octanol–water partition coefficient (Wildman–Crippen LogP) is 2.86. The number of likely N-dealkylation sites (tertiary alicyclic amines) is 1. The Bertz CT molecular complexity index is 356. The average Bonchev–Trinajstić information content (AvgIpc) is 2.38. The predicted molar refractivity (Wildman–Crippen MR) is 68.8 cm³/mol. The minimum atomic E-state index is 0.412. The van der Waals surface area contributed by atoms with Crippen molar-refractivity contribution in [3.63, 3.8) is 0 Å². The lowest BCUT2D eigenvalue weighted by Gasteiger charge is -2.34. The first-order valence-electron chi connectivity index (χ1n) is 6.19. The Morgan fingerprint density at radius 2 is 1.76 bits per heavy atom. The van der Waals surface area contributed by atoms with Crippen LogP contribution in [0.3, 0.4) is 0 Å². The van der Waals surface area contributed by atoms with E-state index in [9.17, 15) is 0 Å². The molecule has 0 radical (unpaired) electrons. The molecule has 1 heterocycles. The van der Waals surface area contributed by atoms with Gasteiger partial charge in [0.25, 0.3) is 0 Å². The van der Waals surface area contributed by atoms with Gasteiger partial charge in [-0.1, -0.05) is 12.5 Å². The normalized spacial score (nSPS) is 21.2. The highest BCUT2D eigenvalue weighted by molar-refractivity contribution is 5.47. The number of rotatable bonds is 3. The second-order valence-corrected chi connectivity index (χ2v) is 4.57. The molecule has 1 aromatic carbocycles. The van der Waals surface area contributed by atoms with Gasteiger partial charge in [0.2, 0.25) is 0 Å². The summed E-state index contributed by atoms with van der Waals surface area (Å²) in [7, 11) is 5.62. The molecule has 1 saturated heterocycles. The summed E-state index contributed by atoms with van der Waals surface area (Å²) in [6.07, 6.45) is 3.73. The number of nitrogens with zero attached hydrogens (tertiary/aromatic N) is 1. The second kappa shape index (κ2) is 5.41. The standard InChI is InChI=1S/C14H21NO2/c1-15-10-5-4-7-11(15)14-12(16-2)8-6-9-13(14)17-3/h6,8-9,11H,4-5,7,10H2,1-3H3. The SMILES string of the molecule is COc1cccc(OC)c1C1CCCCN1C. The summed E-state index contributed by atoms with van der Waals surface area (Å²) in [4.78, 5) is 2.39. The summed E-state index contributed by atoms with van der Waals surface area (Å²) in [6.45, 7) is 1.14. The molecule has 0 aliphatic carbocycles. The molecule has 0 saturated carbocycles. The molecule has 1 aliphatic rings. The molecule has 1 fully saturated rings. The van der Waals surface area contributed by atoms with E-state index in [1.807, 2.05) is 18.2 Å². The van der Waals surface area contributed by atoms with Crippen molar-refractivity contribution in [2.75, 3.05) is 27.8 Å². The van der Waals surface area contributed by atoms with Crippen LogP contribution in [0, 0.1) is 0 Å². The first-order chi connectivity index (χ1) is 8.27. The summed E-state index contributed by atoms with van der Waals surface area (Å²) in [5.74, 6) is 1.87. The van der Waals surface area contributed by atoms with Gasteiger partial charge in [0.05, 0.1) is 19.8 Å². The van der Waals surface area contributed by atoms with Crippen molar-refractivity contribution in [3.05, 3.63) is 23.8 Å². The van der Waals surface area contributed by atoms with E-state index in [0.29, 0.717) is 6.04 Å². The largest absolute Gasteiger partial charge is 0.496 e. The maximum atomic E-state index is 5.48. The Morgan fingerprint density at radius 1 is 1.12 bits per heavy atom. The first kappa shape index (κ1) is 12.2. The molecule has 0 bridgehead atoms. The zero-order chi connectivity index (χ0) is 12.3. The fraction of sp³-hybridized carbons (Fsp3) is 0.571. The Hall–Kier alpha value is -1.22. The quantitative estimate of drug-likeness (QED) is 0.804. The number of hydrogen-bond donors (Lipinski definition) is 0.